The van der Waals surface area contributed by atoms with E-state index in [0.717, 1.165) is 5.56 Å². The molecule has 8 heteroatoms. The van der Waals surface area contributed by atoms with Crippen LogP contribution in [-0.4, -0.2) is 32.2 Å². The molecule has 0 aliphatic carbocycles. The molecule has 118 valence electrons. The van der Waals surface area contributed by atoms with Crippen molar-refractivity contribution >= 4 is 15.7 Å². The Balaban J connectivity index is 2.67. The summed E-state index contributed by atoms with van der Waals surface area (Å²) in [5.41, 5.74) is 0.820. The van der Waals surface area contributed by atoms with Crippen molar-refractivity contribution in [1.29, 1.82) is 0 Å². The fourth-order valence-electron chi connectivity index (χ4n) is 2.01. The van der Waals surface area contributed by atoms with Gasteiger partial charge < -0.3 is 5.32 Å². The average Bonchev–Trinajstić information content (AvgIpc) is 2.43. The monoisotopic (exact) mass is 315 g/mol. The molecule has 0 amide bonds. The minimum absolute atomic E-state index is 0.0216. The van der Waals surface area contributed by atoms with Crippen molar-refractivity contribution in [2.75, 3.05) is 18.8 Å². The summed E-state index contributed by atoms with van der Waals surface area (Å²) in [6.45, 7) is 4.32. The van der Waals surface area contributed by atoms with E-state index in [1.54, 1.807) is 19.1 Å². The molecule has 0 heterocycles. The van der Waals surface area contributed by atoms with Gasteiger partial charge in [0.05, 0.1) is 10.7 Å². The molecule has 0 spiro atoms. The summed E-state index contributed by atoms with van der Waals surface area (Å²) < 4.78 is 25.5. The van der Waals surface area contributed by atoms with Crippen molar-refractivity contribution in [2.24, 2.45) is 0 Å². The summed E-state index contributed by atoms with van der Waals surface area (Å²) in [5, 5.41) is 13.9. The van der Waals surface area contributed by atoms with Crippen molar-refractivity contribution < 1.29 is 13.3 Å². The van der Waals surface area contributed by atoms with Crippen molar-refractivity contribution in [3.8, 4) is 0 Å². The van der Waals surface area contributed by atoms with Gasteiger partial charge in [-0.05, 0) is 12.0 Å². The summed E-state index contributed by atoms with van der Waals surface area (Å²) in [4.78, 5) is 10.3. The number of benzene rings is 1. The third kappa shape index (κ3) is 5.78. The molecular weight excluding hydrogens is 294 g/mol. The zero-order valence-electron chi connectivity index (χ0n) is 12.2. The molecule has 2 N–H and O–H groups in total. The molecule has 1 rings (SSSR count). The number of non-ortho nitro benzene ring substituents is 1. The highest BCUT2D eigenvalue weighted by molar-refractivity contribution is 7.89. The van der Waals surface area contributed by atoms with E-state index in [4.69, 9.17) is 0 Å². The maximum absolute atomic E-state index is 11.5. The summed E-state index contributed by atoms with van der Waals surface area (Å²) in [6, 6.07) is 6.27. The van der Waals surface area contributed by atoms with Crippen LogP contribution in [0.2, 0.25) is 0 Å². The number of nitro groups is 1. The topological polar surface area (TPSA) is 101 Å². The molecule has 0 saturated heterocycles. The Labute approximate surface area is 124 Å². The van der Waals surface area contributed by atoms with E-state index in [9.17, 15) is 18.5 Å². The van der Waals surface area contributed by atoms with Gasteiger partial charge in [0.15, 0.2) is 0 Å². The van der Waals surface area contributed by atoms with Crippen molar-refractivity contribution in [2.45, 2.75) is 26.3 Å². The zero-order valence-corrected chi connectivity index (χ0v) is 13.0. The van der Waals surface area contributed by atoms with E-state index in [0.29, 0.717) is 13.0 Å². The Bertz CT molecular complexity index is 575. The quantitative estimate of drug-likeness (QED) is 0.532. The molecule has 7 nitrogen and oxygen atoms in total. The highest BCUT2D eigenvalue weighted by Gasteiger charge is 2.14. The molecule has 0 radical (unpaired) electrons. The van der Waals surface area contributed by atoms with Crippen LogP contribution >= 0.6 is 0 Å². The van der Waals surface area contributed by atoms with Crippen LogP contribution in [0.4, 0.5) is 5.69 Å². The van der Waals surface area contributed by atoms with Crippen LogP contribution in [0.25, 0.3) is 0 Å². The van der Waals surface area contributed by atoms with Gasteiger partial charge in [-0.3, -0.25) is 10.1 Å². The van der Waals surface area contributed by atoms with E-state index < -0.39 is 14.9 Å². The second-order valence-corrected chi connectivity index (χ2v) is 6.51. The Morgan fingerprint density at radius 1 is 1.33 bits per heavy atom. The van der Waals surface area contributed by atoms with Crippen LogP contribution in [0, 0.1) is 10.1 Å². The Morgan fingerprint density at radius 2 is 2.05 bits per heavy atom. The summed E-state index contributed by atoms with van der Waals surface area (Å²) in [6.07, 6.45) is 0.711. The lowest BCUT2D eigenvalue weighted by atomic mass is 10.0. The maximum atomic E-state index is 11.5. The first-order chi connectivity index (χ1) is 9.89. The molecule has 0 aromatic heterocycles. The first kappa shape index (κ1) is 17.5. The van der Waals surface area contributed by atoms with Gasteiger partial charge in [0.25, 0.3) is 5.69 Å². The lowest BCUT2D eigenvalue weighted by Crippen LogP contribution is -2.33. The number of hydrogen-bond donors (Lipinski definition) is 2. The molecule has 1 aromatic rings. The minimum Gasteiger partial charge on any atom is -0.309 e. The molecule has 0 aliphatic rings. The number of nitrogens with zero attached hydrogens (tertiary/aromatic N) is 1. The van der Waals surface area contributed by atoms with Crippen molar-refractivity contribution in [1.82, 2.24) is 10.0 Å². The Hall–Kier alpha value is -1.51. The van der Waals surface area contributed by atoms with Crippen molar-refractivity contribution in [3.63, 3.8) is 0 Å². The fourth-order valence-corrected chi connectivity index (χ4v) is 2.98. The first-order valence-electron chi connectivity index (χ1n) is 6.84. The molecule has 0 saturated carbocycles. The van der Waals surface area contributed by atoms with Gasteiger partial charge in [0.1, 0.15) is 0 Å². The third-order valence-corrected chi connectivity index (χ3v) is 4.49. The van der Waals surface area contributed by atoms with E-state index >= 15 is 0 Å². The number of hydrogen-bond acceptors (Lipinski definition) is 5. The lowest BCUT2D eigenvalue weighted by molar-refractivity contribution is -0.384. The number of nitrogens with one attached hydrogen (secondary N) is 2. The second-order valence-electron chi connectivity index (χ2n) is 4.58. The third-order valence-electron chi connectivity index (χ3n) is 3.02. The molecule has 1 atom stereocenters. The summed E-state index contributed by atoms with van der Waals surface area (Å²) in [7, 11) is -3.26. The van der Waals surface area contributed by atoms with Crippen LogP contribution in [0.1, 0.15) is 31.9 Å². The van der Waals surface area contributed by atoms with Gasteiger partial charge >= 0.3 is 0 Å². The zero-order chi connectivity index (χ0) is 15.9. The van der Waals surface area contributed by atoms with E-state index in [-0.39, 0.29) is 24.0 Å². The van der Waals surface area contributed by atoms with Gasteiger partial charge in [-0.25, -0.2) is 13.1 Å². The lowest BCUT2D eigenvalue weighted by Gasteiger charge is -2.17. The van der Waals surface area contributed by atoms with Gasteiger partial charge in [-0.2, -0.15) is 0 Å². The highest BCUT2D eigenvalue weighted by Crippen LogP contribution is 2.21. The number of rotatable bonds is 9. The molecule has 21 heavy (non-hydrogen) atoms. The smallest absolute Gasteiger partial charge is 0.269 e. The van der Waals surface area contributed by atoms with E-state index in [1.165, 1.54) is 12.1 Å². The van der Waals surface area contributed by atoms with E-state index in [1.807, 2.05) is 6.92 Å². The molecular formula is C13H21N3O4S. The van der Waals surface area contributed by atoms with Gasteiger partial charge in [-0.15, -0.1) is 0 Å². The number of nitro benzene ring substituents is 1. The highest BCUT2D eigenvalue weighted by atomic mass is 32.2. The predicted molar refractivity (Wildman–Crippen MR) is 81.6 cm³/mol. The van der Waals surface area contributed by atoms with Gasteiger partial charge in [-0.1, -0.05) is 26.0 Å². The molecule has 0 bridgehead atoms. The summed E-state index contributed by atoms with van der Waals surface area (Å²) in [5.74, 6) is -0.0216. The molecule has 1 unspecified atom stereocenters. The number of sulfonamides is 1. The van der Waals surface area contributed by atoms with Crippen LogP contribution < -0.4 is 10.0 Å². The molecule has 1 aromatic carbocycles. The van der Waals surface area contributed by atoms with Gasteiger partial charge in [0.2, 0.25) is 10.0 Å². The summed E-state index contributed by atoms with van der Waals surface area (Å²) >= 11 is 0. The van der Waals surface area contributed by atoms with Crippen LogP contribution in [-0.2, 0) is 10.0 Å². The fraction of sp³-hybridized carbons (Fsp3) is 0.538. The predicted octanol–water partition coefficient (Wildman–Crippen LogP) is 1.57. The normalized spacial score (nSPS) is 13.0. The maximum Gasteiger partial charge on any atom is 0.269 e. The Morgan fingerprint density at radius 3 is 2.62 bits per heavy atom. The molecule has 0 aliphatic heterocycles. The van der Waals surface area contributed by atoms with Crippen molar-refractivity contribution in [3.05, 3.63) is 39.9 Å². The largest absolute Gasteiger partial charge is 0.309 e. The van der Waals surface area contributed by atoms with Gasteiger partial charge in [0, 0.05) is 31.3 Å². The SMILES string of the molecule is CCNS(=O)(=O)CCNC(CC)c1cccc([N+](=O)[O-])c1. The second kappa shape index (κ2) is 8.06. The van der Waals surface area contributed by atoms with Crippen LogP contribution in [0.3, 0.4) is 0 Å². The Kier molecular flexibility index (Phi) is 6.73. The minimum atomic E-state index is -3.26. The first-order valence-corrected chi connectivity index (χ1v) is 8.50. The molecule has 0 fully saturated rings. The van der Waals surface area contributed by atoms with E-state index in [2.05, 4.69) is 10.0 Å². The van der Waals surface area contributed by atoms with Crippen LogP contribution in [0.5, 0.6) is 0 Å². The van der Waals surface area contributed by atoms with Crippen LogP contribution in [0.15, 0.2) is 24.3 Å². The standard InChI is InChI=1S/C13H21N3O4S/c1-3-13(14-8-9-21(19,20)15-4-2)11-6-5-7-12(10-11)16(17)18/h5-7,10,13-15H,3-4,8-9H2,1-2H3. The average molecular weight is 315 g/mol.